The number of rotatable bonds is 2. The Morgan fingerprint density at radius 3 is 2.00 bits per heavy atom. The van der Waals surface area contributed by atoms with Gasteiger partial charge in [0.25, 0.3) is 0 Å². The third-order valence-corrected chi connectivity index (χ3v) is 6.67. The molecule has 5 fully saturated rings. The quantitative estimate of drug-likeness (QED) is 0.741. The van der Waals surface area contributed by atoms with E-state index in [2.05, 4.69) is 23.9 Å². The maximum absolute atomic E-state index is 2.85. The normalized spacial score (nSPS) is 51.5. The van der Waals surface area contributed by atoms with Crippen LogP contribution in [0.15, 0.2) is 0 Å². The van der Waals surface area contributed by atoms with Crippen LogP contribution in [-0.2, 0) is 0 Å². The average molecular weight is 248 g/mol. The van der Waals surface area contributed by atoms with Crippen molar-refractivity contribution in [2.75, 3.05) is 27.2 Å². The third-order valence-electron chi connectivity index (χ3n) is 6.67. The van der Waals surface area contributed by atoms with Crippen molar-refractivity contribution < 1.29 is 0 Å². The maximum atomic E-state index is 2.85. The van der Waals surface area contributed by atoms with Crippen molar-refractivity contribution in [1.29, 1.82) is 0 Å². The predicted molar refractivity (Wildman–Crippen MR) is 74.6 cm³/mol. The van der Waals surface area contributed by atoms with Gasteiger partial charge in [0.2, 0.25) is 0 Å². The van der Waals surface area contributed by atoms with Crippen LogP contribution < -0.4 is 0 Å². The summed E-state index contributed by atoms with van der Waals surface area (Å²) in [7, 11) is 4.74. The van der Waals surface area contributed by atoms with Crippen LogP contribution in [0.2, 0.25) is 0 Å². The van der Waals surface area contributed by atoms with E-state index in [9.17, 15) is 0 Å². The molecule has 0 N–H and O–H groups in total. The molecule has 0 radical (unpaired) electrons. The van der Waals surface area contributed by atoms with Crippen LogP contribution in [0.5, 0.6) is 0 Å². The molecule has 1 heterocycles. The summed E-state index contributed by atoms with van der Waals surface area (Å²) < 4.78 is 0. The highest BCUT2D eigenvalue weighted by Gasteiger charge is 2.53. The molecule has 0 spiro atoms. The van der Waals surface area contributed by atoms with Gasteiger partial charge >= 0.3 is 0 Å². The molecule has 1 aliphatic heterocycles. The second-order valence-corrected chi connectivity index (χ2v) is 7.96. The largest absolute Gasteiger partial charge is 0.305 e. The van der Waals surface area contributed by atoms with E-state index in [1.54, 1.807) is 19.3 Å². The first-order valence-electron chi connectivity index (χ1n) is 8.06. The van der Waals surface area contributed by atoms with E-state index in [1.807, 2.05) is 0 Å². The molecule has 4 saturated carbocycles. The summed E-state index contributed by atoms with van der Waals surface area (Å²) in [5, 5.41) is 0. The van der Waals surface area contributed by atoms with Gasteiger partial charge in [-0.2, -0.15) is 0 Å². The van der Waals surface area contributed by atoms with Crippen LogP contribution >= 0.6 is 0 Å². The smallest absolute Gasteiger partial charge is 0.0237 e. The van der Waals surface area contributed by atoms with Gasteiger partial charge in [0.05, 0.1) is 0 Å². The van der Waals surface area contributed by atoms with E-state index in [-0.39, 0.29) is 0 Å². The first kappa shape index (κ1) is 11.7. The fourth-order valence-corrected chi connectivity index (χ4v) is 6.11. The van der Waals surface area contributed by atoms with Gasteiger partial charge in [0.15, 0.2) is 0 Å². The van der Waals surface area contributed by atoms with Crippen LogP contribution in [0.25, 0.3) is 0 Å². The van der Waals surface area contributed by atoms with Gasteiger partial charge in [-0.05, 0) is 83.3 Å². The van der Waals surface area contributed by atoms with Gasteiger partial charge in [-0.3, -0.25) is 4.90 Å². The minimum absolute atomic E-state index is 0.616. The fourth-order valence-electron chi connectivity index (χ4n) is 6.11. The highest BCUT2D eigenvalue weighted by Crippen LogP contribution is 2.58. The molecule has 102 valence electrons. The molecule has 18 heavy (non-hydrogen) atoms. The van der Waals surface area contributed by atoms with Gasteiger partial charge in [0, 0.05) is 18.1 Å². The van der Waals surface area contributed by atoms with Crippen molar-refractivity contribution in [2.45, 2.75) is 56.5 Å². The number of hydrogen-bond acceptors (Lipinski definition) is 2. The fraction of sp³-hybridized carbons (Fsp3) is 1.00. The summed E-state index contributed by atoms with van der Waals surface area (Å²) in [6.07, 6.45) is 10.7. The molecule has 1 atom stereocenters. The summed E-state index contributed by atoms with van der Waals surface area (Å²) in [5.74, 6) is 3.24. The molecule has 0 aromatic carbocycles. The monoisotopic (exact) mass is 248 g/mol. The Kier molecular flexibility index (Phi) is 2.58. The van der Waals surface area contributed by atoms with Crippen molar-refractivity contribution in [3.63, 3.8) is 0 Å². The average Bonchev–Trinajstić information content (AvgIpc) is 2.73. The van der Waals surface area contributed by atoms with Gasteiger partial charge in [0.1, 0.15) is 0 Å². The molecule has 4 aliphatic carbocycles. The number of nitrogens with zero attached hydrogens (tertiary/aromatic N) is 2. The van der Waals surface area contributed by atoms with E-state index in [0.717, 1.165) is 23.8 Å². The van der Waals surface area contributed by atoms with E-state index >= 15 is 0 Å². The van der Waals surface area contributed by atoms with Gasteiger partial charge in [-0.25, -0.2) is 0 Å². The lowest BCUT2D eigenvalue weighted by molar-refractivity contribution is -0.0919. The lowest BCUT2D eigenvalue weighted by Gasteiger charge is -2.61. The molecule has 0 amide bonds. The summed E-state index contributed by atoms with van der Waals surface area (Å²) >= 11 is 0. The summed E-state index contributed by atoms with van der Waals surface area (Å²) in [5.41, 5.74) is 0.616. The Bertz CT molecular complexity index is 303. The molecular weight excluding hydrogens is 220 g/mol. The Labute approximate surface area is 112 Å². The van der Waals surface area contributed by atoms with Crippen molar-refractivity contribution >= 4 is 0 Å². The van der Waals surface area contributed by atoms with Crippen LogP contribution in [0, 0.1) is 17.8 Å². The molecule has 1 unspecified atom stereocenters. The Balaban J connectivity index is 1.56. The standard InChI is InChI=1S/C16H28N2/c1-17-4-3-15(11-17)18(2)16-8-12-5-13(9-16)7-14(6-12)10-16/h12-15H,3-11H2,1-2H3. The second-order valence-electron chi connectivity index (χ2n) is 7.96. The van der Waals surface area contributed by atoms with Gasteiger partial charge in [-0.15, -0.1) is 0 Å². The summed E-state index contributed by atoms with van der Waals surface area (Å²) in [6, 6.07) is 0.839. The minimum Gasteiger partial charge on any atom is -0.305 e. The maximum Gasteiger partial charge on any atom is 0.0237 e. The third kappa shape index (κ3) is 1.68. The Morgan fingerprint density at radius 1 is 1.00 bits per heavy atom. The number of likely N-dealkylation sites (N-methyl/N-ethyl adjacent to an activating group) is 2. The SMILES string of the molecule is CN1CCC(N(C)C23CC4CC(CC(C4)C2)C3)C1. The molecule has 4 bridgehead atoms. The molecule has 2 heteroatoms. The topological polar surface area (TPSA) is 6.48 Å². The zero-order chi connectivity index (χ0) is 12.3. The van der Waals surface area contributed by atoms with Crippen LogP contribution in [0.1, 0.15) is 44.9 Å². The molecular formula is C16H28N2. The van der Waals surface area contributed by atoms with Gasteiger partial charge in [-0.1, -0.05) is 0 Å². The van der Waals surface area contributed by atoms with E-state index in [1.165, 1.54) is 38.8 Å². The van der Waals surface area contributed by atoms with Crippen molar-refractivity contribution in [3.05, 3.63) is 0 Å². The highest BCUT2D eigenvalue weighted by molar-refractivity contribution is 5.08. The molecule has 1 saturated heterocycles. The second kappa shape index (κ2) is 3.96. The van der Waals surface area contributed by atoms with E-state index in [4.69, 9.17) is 0 Å². The van der Waals surface area contributed by atoms with Crippen LogP contribution in [0.3, 0.4) is 0 Å². The molecule has 0 aromatic rings. The zero-order valence-electron chi connectivity index (χ0n) is 12.1. The van der Waals surface area contributed by atoms with Crippen molar-refractivity contribution in [1.82, 2.24) is 9.80 Å². The zero-order valence-corrected chi connectivity index (χ0v) is 12.1. The van der Waals surface area contributed by atoms with E-state index in [0.29, 0.717) is 5.54 Å². The Hall–Kier alpha value is -0.0800. The first-order valence-corrected chi connectivity index (χ1v) is 8.06. The predicted octanol–water partition coefficient (Wildman–Crippen LogP) is 2.59. The minimum atomic E-state index is 0.616. The lowest BCUT2D eigenvalue weighted by atomic mass is 9.52. The molecule has 0 aromatic heterocycles. The number of likely N-dealkylation sites (tertiary alicyclic amines) is 1. The molecule has 5 rings (SSSR count). The van der Waals surface area contributed by atoms with Crippen LogP contribution in [0.4, 0.5) is 0 Å². The molecule has 5 aliphatic rings. The van der Waals surface area contributed by atoms with E-state index < -0.39 is 0 Å². The molecule has 2 nitrogen and oxygen atoms in total. The Morgan fingerprint density at radius 2 is 1.56 bits per heavy atom. The summed E-state index contributed by atoms with van der Waals surface area (Å²) in [4.78, 5) is 5.36. The highest BCUT2D eigenvalue weighted by atomic mass is 15.3. The first-order chi connectivity index (χ1) is 8.64. The van der Waals surface area contributed by atoms with Crippen molar-refractivity contribution in [3.8, 4) is 0 Å². The lowest BCUT2D eigenvalue weighted by Crippen LogP contribution is -2.61. The van der Waals surface area contributed by atoms with Crippen LogP contribution in [-0.4, -0.2) is 48.6 Å². The number of hydrogen-bond donors (Lipinski definition) is 0. The van der Waals surface area contributed by atoms with Crippen molar-refractivity contribution in [2.24, 2.45) is 17.8 Å². The summed E-state index contributed by atoms with van der Waals surface area (Å²) in [6.45, 7) is 2.61. The van der Waals surface area contributed by atoms with Gasteiger partial charge < -0.3 is 4.90 Å².